The maximum absolute atomic E-state index is 9.70. The molecule has 4 nitrogen and oxygen atoms in total. The fourth-order valence-electron chi connectivity index (χ4n) is 1.20. The standard InChI is InChI=1S/C9H17N3OS/c1-5-12(6-9(3,4)13)8-11-10-7(2)14-8/h13H,5-6H2,1-4H3. The molecule has 0 radical (unpaired) electrons. The molecule has 1 rings (SSSR count). The Morgan fingerprint density at radius 1 is 1.43 bits per heavy atom. The molecule has 0 saturated heterocycles. The molecule has 0 saturated carbocycles. The number of hydrogen-bond donors (Lipinski definition) is 1. The van der Waals surface area contributed by atoms with Gasteiger partial charge in [0.25, 0.3) is 0 Å². The van der Waals surface area contributed by atoms with Crippen molar-refractivity contribution in [2.45, 2.75) is 33.3 Å². The van der Waals surface area contributed by atoms with Gasteiger partial charge < -0.3 is 10.0 Å². The van der Waals surface area contributed by atoms with E-state index in [0.29, 0.717) is 6.54 Å². The first-order valence-electron chi connectivity index (χ1n) is 4.70. The molecule has 0 aliphatic carbocycles. The van der Waals surface area contributed by atoms with Gasteiger partial charge in [-0.2, -0.15) is 0 Å². The lowest BCUT2D eigenvalue weighted by atomic mass is 10.1. The van der Waals surface area contributed by atoms with Gasteiger partial charge in [0, 0.05) is 13.1 Å². The number of aromatic nitrogens is 2. The van der Waals surface area contributed by atoms with E-state index < -0.39 is 5.60 Å². The van der Waals surface area contributed by atoms with Crippen molar-refractivity contribution in [1.82, 2.24) is 10.2 Å². The van der Waals surface area contributed by atoms with Gasteiger partial charge in [0.2, 0.25) is 5.13 Å². The van der Waals surface area contributed by atoms with E-state index in [0.717, 1.165) is 16.7 Å². The van der Waals surface area contributed by atoms with Crippen LogP contribution in [0.5, 0.6) is 0 Å². The van der Waals surface area contributed by atoms with Crippen molar-refractivity contribution in [3.05, 3.63) is 5.01 Å². The topological polar surface area (TPSA) is 49.2 Å². The van der Waals surface area contributed by atoms with Crippen molar-refractivity contribution in [2.24, 2.45) is 0 Å². The number of hydrogen-bond acceptors (Lipinski definition) is 5. The zero-order valence-corrected chi connectivity index (χ0v) is 9.93. The maximum atomic E-state index is 9.70. The van der Waals surface area contributed by atoms with Gasteiger partial charge in [-0.25, -0.2) is 0 Å². The molecule has 5 heteroatoms. The van der Waals surface area contributed by atoms with Gasteiger partial charge in [0.05, 0.1) is 5.60 Å². The van der Waals surface area contributed by atoms with E-state index in [1.165, 1.54) is 0 Å². The first kappa shape index (κ1) is 11.4. The Labute approximate surface area is 88.6 Å². The fourth-order valence-corrected chi connectivity index (χ4v) is 1.95. The summed E-state index contributed by atoms with van der Waals surface area (Å²) in [4.78, 5) is 2.03. The molecule has 0 aliphatic heterocycles. The van der Waals surface area contributed by atoms with E-state index in [-0.39, 0.29) is 0 Å². The van der Waals surface area contributed by atoms with Crippen LogP contribution in [0.1, 0.15) is 25.8 Å². The summed E-state index contributed by atoms with van der Waals surface area (Å²) in [5.41, 5.74) is -0.699. The van der Waals surface area contributed by atoms with Crippen LogP contribution in [0.3, 0.4) is 0 Å². The molecule has 14 heavy (non-hydrogen) atoms. The molecule has 1 aromatic heterocycles. The number of aliphatic hydroxyl groups is 1. The molecule has 0 atom stereocenters. The Balaban J connectivity index is 2.72. The zero-order valence-electron chi connectivity index (χ0n) is 9.11. The summed E-state index contributed by atoms with van der Waals surface area (Å²) in [6.45, 7) is 8.98. The van der Waals surface area contributed by atoms with E-state index >= 15 is 0 Å². The Morgan fingerprint density at radius 3 is 2.43 bits per heavy atom. The minimum Gasteiger partial charge on any atom is -0.389 e. The first-order valence-corrected chi connectivity index (χ1v) is 5.51. The van der Waals surface area contributed by atoms with E-state index in [1.54, 1.807) is 25.2 Å². The second kappa shape index (κ2) is 4.23. The molecular formula is C9H17N3OS. The lowest BCUT2D eigenvalue weighted by Crippen LogP contribution is -2.38. The average Bonchev–Trinajstić information content (AvgIpc) is 2.46. The molecule has 80 valence electrons. The van der Waals surface area contributed by atoms with E-state index in [2.05, 4.69) is 10.2 Å². The van der Waals surface area contributed by atoms with E-state index in [1.807, 2.05) is 18.7 Å². The summed E-state index contributed by atoms with van der Waals surface area (Å²) < 4.78 is 0. The number of aryl methyl sites for hydroxylation is 1. The van der Waals surface area contributed by atoms with Crippen LogP contribution in [0.4, 0.5) is 5.13 Å². The van der Waals surface area contributed by atoms with Gasteiger partial charge in [0.1, 0.15) is 5.01 Å². The molecule has 0 bridgehead atoms. The first-order chi connectivity index (χ1) is 6.42. The van der Waals surface area contributed by atoms with Gasteiger partial charge in [-0.15, -0.1) is 10.2 Å². The lowest BCUT2D eigenvalue weighted by molar-refractivity contribution is 0.0875. The van der Waals surface area contributed by atoms with Crippen LogP contribution >= 0.6 is 11.3 Å². The fraction of sp³-hybridized carbons (Fsp3) is 0.778. The van der Waals surface area contributed by atoms with E-state index in [9.17, 15) is 5.11 Å². The second-order valence-corrected chi connectivity index (χ2v) is 5.09. The quantitative estimate of drug-likeness (QED) is 0.825. The summed E-state index contributed by atoms with van der Waals surface area (Å²) in [6, 6.07) is 0. The Kier molecular flexibility index (Phi) is 3.44. The lowest BCUT2D eigenvalue weighted by Gasteiger charge is -2.27. The second-order valence-electron chi connectivity index (χ2n) is 3.93. The van der Waals surface area contributed by atoms with Crippen molar-refractivity contribution >= 4 is 16.5 Å². The Morgan fingerprint density at radius 2 is 2.07 bits per heavy atom. The van der Waals surface area contributed by atoms with Crippen LogP contribution in [0.25, 0.3) is 0 Å². The Hall–Kier alpha value is -0.680. The summed E-state index contributed by atoms with van der Waals surface area (Å²) in [5.74, 6) is 0. The predicted molar refractivity (Wildman–Crippen MR) is 58.8 cm³/mol. The molecule has 1 heterocycles. The van der Waals surface area contributed by atoms with Crippen LogP contribution in [0.2, 0.25) is 0 Å². The SMILES string of the molecule is CCN(CC(C)(C)O)c1nnc(C)s1. The van der Waals surface area contributed by atoms with Gasteiger partial charge in [0.15, 0.2) is 0 Å². The van der Waals surface area contributed by atoms with Crippen molar-refractivity contribution in [1.29, 1.82) is 0 Å². The number of rotatable bonds is 4. The normalized spacial score (nSPS) is 11.8. The number of nitrogens with zero attached hydrogens (tertiary/aromatic N) is 3. The molecule has 0 aliphatic rings. The van der Waals surface area contributed by atoms with Crippen molar-refractivity contribution in [3.8, 4) is 0 Å². The molecular weight excluding hydrogens is 198 g/mol. The smallest absolute Gasteiger partial charge is 0.208 e. The largest absolute Gasteiger partial charge is 0.389 e. The predicted octanol–water partition coefficient (Wildman–Crippen LogP) is 1.44. The summed E-state index contributed by atoms with van der Waals surface area (Å²) in [7, 11) is 0. The maximum Gasteiger partial charge on any atom is 0.208 e. The molecule has 0 spiro atoms. The van der Waals surface area contributed by atoms with Gasteiger partial charge in [-0.3, -0.25) is 0 Å². The van der Waals surface area contributed by atoms with Crippen LogP contribution < -0.4 is 4.90 Å². The molecule has 1 aromatic rings. The van der Waals surface area contributed by atoms with Gasteiger partial charge in [-0.05, 0) is 27.7 Å². The van der Waals surface area contributed by atoms with Gasteiger partial charge >= 0.3 is 0 Å². The van der Waals surface area contributed by atoms with Crippen LogP contribution in [-0.2, 0) is 0 Å². The zero-order chi connectivity index (χ0) is 10.8. The van der Waals surface area contributed by atoms with Crippen molar-refractivity contribution < 1.29 is 5.11 Å². The molecule has 0 fully saturated rings. The van der Waals surface area contributed by atoms with Crippen LogP contribution in [0.15, 0.2) is 0 Å². The average molecular weight is 215 g/mol. The molecule has 1 N–H and O–H groups in total. The Bertz CT molecular complexity index is 292. The molecule has 0 aromatic carbocycles. The number of anilines is 1. The summed E-state index contributed by atoms with van der Waals surface area (Å²) in [6.07, 6.45) is 0. The molecule has 0 unspecified atom stereocenters. The summed E-state index contributed by atoms with van der Waals surface area (Å²) >= 11 is 1.55. The highest BCUT2D eigenvalue weighted by atomic mass is 32.1. The highest BCUT2D eigenvalue weighted by Crippen LogP contribution is 2.20. The molecule has 0 amide bonds. The highest BCUT2D eigenvalue weighted by molar-refractivity contribution is 7.15. The third-order valence-corrected chi connectivity index (χ3v) is 2.64. The van der Waals surface area contributed by atoms with Crippen molar-refractivity contribution in [3.63, 3.8) is 0 Å². The third-order valence-electron chi connectivity index (χ3n) is 1.75. The summed E-state index contributed by atoms with van der Waals surface area (Å²) in [5, 5.41) is 19.6. The van der Waals surface area contributed by atoms with Crippen LogP contribution in [0, 0.1) is 6.92 Å². The highest BCUT2D eigenvalue weighted by Gasteiger charge is 2.19. The monoisotopic (exact) mass is 215 g/mol. The minimum atomic E-state index is -0.699. The minimum absolute atomic E-state index is 0.581. The van der Waals surface area contributed by atoms with Crippen molar-refractivity contribution in [2.75, 3.05) is 18.0 Å². The number of likely N-dealkylation sites (N-methyl/N-ethyl adjacent to an activating group) is 1. The van der Waals surface area contributed by atoms with Gasteiger partial charge in [-0.1, -0.05) is 11.3 Å². The van der Waals surface area contributed by atoms with E-state index in [4.69, 9.17) is 0 Å². The third kappa shape index (κ3) is 3.23. The van der Waals surface area contributed by atoms with Crippen LogP contribution in [-0.4, -0.2) is 34.0 Å².